The Morgan fingerprint density at radius 1 is 1.50 bits per heavy atom. The molecule has 0 aromatic carbocycles. The van der Waals surface area contributed by atoms with Crippen molar-refractivity contribution in [2.75, 3.05) is 7.05 Å². The van der Waals surface area contributed by atoms with E-state index in [1.54, 1.807) is 11.3 Å². The summed E-state index contributed by atoms with van der Waals surface area (Å²) in [6.45, 7) is 0.703. The third-order valence-corrected chi connectivity index (χ3v) is 6.13. The lowest BCUT2D eigenvalue weighted by atomic mass is 9.85. The molecule has 2 aliphatic rings. The zero-order valence-corrected chi connectivity index (χ0v) is 14.2. The molecule has 1 aliphatic heterocycles. The van der Waals surface area contributed by atoms with E-state index in [9.17, 15) is 4.79 Å². The quantitative estimate of drug-likeness (QED) is 0.899. The average molecular weight is 357 g/mol. The van der Waals surface area contributed by atoms with Gasteiger partial charge in [0, 0.05) is 19.6 Å². The number of thiophene rings is 1. The number of carbonyl (C=O) groups is 1. The Balaban J connectivity index is 1.58. The topological polar surface area (TPSA) is 32.3 Å². The van der Waals surface area contributed by atoms with Gasteiger partial charge in [-0.1, -0.05) is 12.8 Å². The molecule has 1 N–H and O–H groups in total. The number of fused-ring (bicyclic) bond motifs is 1. The van der Waals surface area contributed by atoms with Gasteiger partial charge in [0.05, 0.1) is 9.83 Å². The van der Waals surface area contributed by atoms with Crippen molar-refractivity contribution in [3.63, 3.8) is 0 Å². The number of hydrogen-bond donors (Lipinski definition) is 1. The van der Waals surface area contributed by atoms with Crippen LogP contribution in [0.2, 0.25) is 0 Å². The van der Waals surface area contributed by atoms with E-state index in [2.05, 4.69) is 32.7 Å². The largest absolute Gasteiger partial charge is 0.340 e. The summed E-state index contributed by atoms with van der Waals surface area (Å²) < 4.78 is 1.12. The zero-order valence-electron chi connectivity index (χ0n) is 11.8. The van der Waals surface area contributed by atoms with E-state index in [4.69, 9.17) is 0 Å². The van der Waals surface area contributed by atoms with Crippen LogP contribution in [-0.2, 0) is 11.3 Å². The minimum Gasteiger partial charge on any atom is -0.340 e. The highest BCUT2D eigenvalue weighted by molar-refractivity contribution is 9.11. The second-order valence-corrected chi connectivity index (χ2v) is 8.35. The first kappa shape index (κ1) is 14.5. The van der Waals surface area contributed by atoms with Crippen molar-refractivity contribution < 1.29 is 4.79 Å². The fraction of sp³-hybridized carbons (Fsp3) is 0.667. The standard InChI is InChI=1S/C15H21BrN2OS/c1-18(8-10-6-14(16)20-9-10)15(19)13-7-11-4-2-3-5-12(11)17-13/h6,9,11-13,17H,2-5,7-8H2,1H3. The minimum absolute atomic E-state index is 0.0372. The Kier molecular flexibility index (Phi) is 4.48. The lowest BCUT2D eigenvalue weighted by molar-refractivity contribution is -0.132. The molecule has 1 aliphatic carbocycles. The van der Waals surface area contributed by atoms with E-state index in [1.807, 2.05) is 11.9 Å². The summed E-state index contributed by atoms with van der Waals surface area (Å²) in [6.07, 6.45) is 6.22. The number of nitrogens with one attached hydrogen (secondary N) is 1. The van der Waals surface area contributed by atoms with Gasteiger partial charge in [0.2, 0.25) is 5.91 Å². The highest BCUT2D eigenvalue weighted by Crippen LogP contribution is 2.33. The fourth-order valence-corrected chi connectivity index (χ4v) is 4.76. The number of carbonyl (C=O) groups excluding carboxylic acids is 1. The highest BCUT2D eigenvalue weighted by atomic mass is 79.9. The van der Waals surface area contributed by atoms with E-state index in [0.717, 1.165) is 16.1 Å². The molecular weight excluding hydrogens is 336 g/mol. The Hall–Kier alpha value is -0.390. The summed E-state index contributed by atoms with van der Waals surface area (Å²) in [6, 6.07) is 2.72. The summed E-state index contributed by atoms with van der Waals surface area (Å²) in [5.74, 6) is 0.975. The summed E-state index contributed by atoms with van der Waals surface area (Å²) in [4.78, 5) is 14.4. The molecule has 1 saturated heterocycles. The lowest BCUT2D eigenvalue weighted by Crippen LogP contribution is -2.43. The van der Waals surface area contributed by atoms with Crippen molar-refractivity contribution >= 4 is 33.2 Å². The molecule has 3 unspecified atom stereocenters. The first-order valence-corrected chi connectivity index (χ1v) is 9.04. The van der Waals surface area contributed by atoms with E-state index < -0.39 is 0 Å². The molecule has 5 heteroatoms. The van der Waals surface area contributed by atoms with Crippen LogP contribution in [0.25, 0.3) is 0 Å². The van der Waals surface area contributed by atoms with Crippen LogP contribution in [0.1, 0.15) is 37.7 Å². The van der Waals surface area contributed by atoms with E-state index >= 15 is 0 Å². The first-order chi connectivity index (χ1) is 9.63. The molecular formula is C15H21BrN2OS. The molecule has 3 rings (SSSR count). The molecule has 0 bridgehead atoms. The summed E-state index contributed by atoms with van der Waals surface area (Å²) in [7, 11) is 1.91. The maximum Gasteiger partial charge on any atom is 0.239 e. The van der Waals surface area contributed by atoms with Gasteiger partial charge in [-0.2, -0.15) is 0 Å². The summed E-state index contributed by atoms with van der Waals surface area (Å²) in [5, 5.41) is 5.67. The number of amides is 1. The molecule has 0 radical (unpaired) electrons. The van der Waals surface area contributed by atoms with E-state index in [-0.39, 0.29) is 11.9 Å². The van der Waals surface area contributed by atoms with Gasteiger partial charge in [-0.3, -0.25) is 4.79 Å². The van der Waals surface area contributed by atoms with Crippen molar-refractivity contribution in [2.24, 2.45) is 5.92 Å². The molecule has 3 nitrogen and oxygen atoms in total. The second-order valence-electron chi connectivity index (χ2n) is 6.06. The van der Waals surface area contributed by atoms with Crippen LogP contribution in [0, 0.1) is 5.92 Å². The predicted octanol–water partition coefficient (Wildman–Crippen LogP) is 3.39. The Bertz CT molecular complexity index is 476. The van der Waals surface area contributed by atoms with Gasteiger partial charge in [0.1, 0.15) is 0 Å². The van der Waals surface area contributed by atoms with Crippen LogP contribution in [0.3, 0.4) is 0 Å². The fourth-order valence-electron chi connectivity index (χ4n) is 3.56. The Labute approximate surface area is 132 Å². The number of nitrogens with zero attached hydrogens (tertiary/aromatic N) is 1. The van der Waals surface area contributed by atoms with Crippen molar-refractivity contribution in [3.8, 4) is 0 Å². The number of hydrogen-bond acceptors (Lipinski definition) is 3. The summed E-state index contributed by atoms with van der Waals surface area (Å²) >= 11 is 5.14. The molecule has 1 amide bonds. The minimum atomic E-state index is 0.0372. The number of halogens is 1. The zero-order chi connectivity index (χ0) is 14.1. The van der Waals surface area contributed by atoms with Crippen LogP contribution in [0.15, 0.2) is 15.2 Å². The third-order valence-electron chi connectivity index (χ3n) is 4.58. The van der Waals surface area contributed by atoms with Crippen LogP contribution in [-0.4, -0.2) is 29.9 Å². The number of likely N-dealkylation sites (N-methyl/N-ethyl adjacent to an activating group) is 1. The molecule has 1 aromatic heterocycles. The van der Waals surface area contributed by atoms with Crippen molar-refractivity contribution in [1.29, 1.82) is 0 Å². The van der Waals surface area contributed by atoms with Gasteiger partial charge in [0.25, 0.3) is 0 Å². The maximum absolute atomic E-state index is 12.6. The van der Waals surface area contributed by atoms with Crippen LogP contribution in [0.4, 0.5) is 0 Å². The molecule has 20 heavy (non-hydrogen) atoms. The highest BCUT2D eigenvalue weighted by Gasteiger charge is 2.39. The van der Waals surface area contributed by atoms with Crippen LogP contribution in [0.5, 0.6) is 0 Å². The van der Waals surface area contributed by atoms with Crippen LogP contribution >= 0.6 is 27.3 Å². The van der Waals surface area contributed by atoms with Gasteiger partial charge in [-0.05, 0) is 58.1 Å². The maximum atomic E-state index is 12.6. The van der Waals surface area contributed by atoms with Gasteiger partial charge >= 0.3 is 0 Å². The smallest absolute Gasteiger partial charge is 0.239 e. The third kappa shape index (κ3) is 3.10. The number of rotatable bonds is 3. The van der Waals surface area contributed by atoms with Crippen molar-refractivity contribution in [3.05, 3.63) is 20.8 Å². The SMILES string of the molecule is CN(Cc1csc(Br)c1)C(=O)C1CC2CCCCC2N1. The Morgan fingerprint density at radius 3 is 3.00 bits per heavy atom. The lowest BCUT2D eigenvalue weighted by Gasteiger charge is -2.24. The van der Waals surface area contributed by atoms with Gasteiger partial charge in [-0.15, -0.1) is 11.3 Å². The van der Waals surface area contributed by atoms with Gasteiger partial charge in [0.15, 0.2) is 0 Å². The molecule has 2 heterocycles. The predicted molar refractivity (Wildman–Crippen MR) is 85.8 cm³/mol. The molecule has 1 saturated carbocycles. The van der Waals surface area contributed by atoms with E-state index in [1.165, 1.54) is 31.2 Å². The molecule has 2 fully saturated rings. The monoisotopic (exact) mass is 356 g/mol. The van der Waals surface area contributed by atoms with Crippen molar-refractivity contribution in [2.45, 2.75) is 50.7 Å². The van der Waals surface area contributed by atoms with Gasteiger partial charge < -0.3 is 10.2 Å². The molecule has 1 aromatic rings. The molecule has 3 atom stereocenters. The van der Waals surface area contributed by atoms with Gasteiger partial charge in [-0.25, -0.2) is 0 Å². The average Bonchev–Trinajstić information content (AvgIpc) is 3.03. The molecule has 110 valence electrons. The van der Waals surface area contributed by atoms with Crippen molar-refractivity contribution in [1.82, 2.24) is 10.2 Å². The van der Waals surface area contributed by atoms with E-state index in [0.29, 0.717) is 12.6 Å². The second kappa shape index (κ2) is 6.16. The van der Waals surface area contributed by atoms with Crippen LogP contribution < -0.4 is 5.32 Å². The summed E-state index contributed by atoms with van der Waals surface area (Å²) in [5.41, 5.74) is 1.20. The first-order valence-electron chi connectivity index (χ1n) is 7.37. The Morgan fingerprint density at radius 2 is 2.30 bits per heavy atom. The normalized spacial score (nSPS) is 29.2. The molecule has 0 spiro atoms.